The average molecular weight is 232 g/mol. The molecule has 86 valence electrons. The Bertz CT molecular complexity index is 268. The first-order valence-electron chi connectivity index (χ1n) is 4.96. The molecule has 1 atom stereocenters. The lowest BCUT2D eigenvalue weighted by Gasteiger charge is -2.23. The third-order valence-electron chi connectivity index (χ3n) is 2.18. The van der Waals surface area contributed by atoms with E-state index in [0.717, 1.165) is 5.01 Å². The maximum absolute atomic E-state index is 14.3. The summed E-state index contributed by atoms with van der Waals surface area (Å²) in [6.07, 6.45) is 3.11. The molecule has 1 aromatic rings. The van der Waals surface area contributed by atoms with E-state index in [0.29, 0.717) is 25.8 Å². The van der Waals surface area contributed by atoms with E-state index < -0.39 is 5.67 Å². The molecular weight excluding hydrogens is 215 g/mol. The number of hydrogen-bond acceptors (Lipinski definition) is 4. The number of thiazole rings is 1. The Hall–Kier alpha value is -0.520. The summed E-state index contributed by atoms with van der Waals surface area (Å²) in [6.45, 7) is 0.611. The van der Waals surface area contributed by atoms with Crippen LogP contribution in [0.2, 0.25) is 0 Å². The zero-order valence-corrected chi connectivity index (χ0v) is 9.73. The Morgan fingerprint density at radius 3 is 3.00 bits per heavy atom. The lowest BCUT2D eigenvalue weighted by molar-refractivity contribution is 0.0334. The van der Waals surface area contributed by atoms with Crippen LogP contribution in [0.5, 0.6) is 0 Å². The molecule has 0 spiro atoms. The van der Waals surface area contributed by atoms with Crippen molar-refractivity contribution in [2.24, 2.45) is 5.73 Å². The number of alkyl halides is 1. The van der Waals surface area contributed by atoms with E-state index in [1.54, 1.807) is 6.20 Å². The van der Waals surface area contributed by atoms with Crippen LogP contribution in [0, 0.1) is 0 Å². The average Bonchev–Trinajstić information content (AvgIpc) is 2.68. The molecule has 1 unspecified atom stereocenters. The molecule has 2 N–H and O–H groups in total. The number of rotatable bonds is 7. The van der Waals surface area contributed by atoms with Crippen LogP contribution in [0.25, 0.3) is 0 Å². The largest absolute Gasteiger partial charge is 0.381 e. The SMILES string of the molecule is COCC(F)(CCCN)Cc1nccs1. The second-order valence-electron chi connectivity index (χ2n) is 3.58. The van der Waals surface area contributed by atoms with Crippen LogP contribution in [0.4, 0.5) is 4.39 Å². The van der Waals surface area contributed by atoms with Crippen molar-refractivity contribution in [3.8, 4) is 0 Å². The molecule has 0 aliphatic carbocycles. The van der Waals surface area contributed by atoms with Crippen LogP contribution in [0.3, 0.4) is 0 Å². The van der Waals surface area contributed by atoms with Crippen molar-refractivity contribution in [2.45, 2.75) is 24.9 Å². The first-order valence-corrected chi connectivity index (χ1v) is 5.84. The number of halogens is 1. The molecule has 0 radical (unpaired) electrons. The Labute approximate surface area is 93.5 Å². The quantitative estimate of drug-likeness (QED) is 0.779. The third kappa shape index (κ3) is 4.24. The minimum Gasteiger partial charge on any atom is -0.381 e. The molecule has 15 heavy (non-hydrogen) atoms. The maximum Gasteiger partial charge on any atom is 0.140 e. The van der Waals surface area contributed by atoms with Crippen LogP contribution in [-0.4, -0.2) is 30.9 Å². The summed E-state index contributed by atoms with van der Waals surface area (Å²) in [4.78, 5) is 4.08. The summed E-state index contributed by atoms with van der Waals surface area (Å²) < 4.78 is 19.2. The van der Waals surface area contributed by atoms with Gasteiger partial charge in [0.05, 0.1) is 11.6 Å². The first-order chi connectivity index (χ1) is 7.20. The number of nitrogens with zero attached hydrogens (tertiary/aromatic N) is 1. The normalized spacial score (nSPS) is 15.1. The molecule has 0 aliphatic heterocycles. The van der Waals surface area contributed by atoms with Gasteiger partial charge in [-0.25, -0.2) is 9.37 Å². The highest BCUT2D eigenvalue weighted by molar-refractivity contribution is 7.09. The van der Waals surface area contributed by atoms with Gasteiger partial charge in [0.1, 0.15) is 5.67 Å². The highest BCUT2D eigenvalue weighted by Gasteiger charge is 2.30. The standard InChI is InChI=1S/C10H17FN2OS/c1-14-8-10(11,3-2-4-12)7-9-13-5-6-15-9/h5-6H,2-4,7-8,12H2,1H3. The Kier molecular flexibility index (Phi) is 5.14. The zero-order chi connectivity index (χ0) is 11.1. The van der Waals surface area contributed by atoms with Crippen molar-refractivity contribution < 1.29 is 9.13 Å². The van der Waals surface area contributed by atoms with Gasteiger partial charge in [-0.1, -0.05) is 0 Å². The van der Waals surface area contributed by atoms with E-state index in [9.17, 15) is 4.39 Å². The second-order valence-corrected chi connectivity index (χ2v) is 4.56. The number of nitrogens with two attached hydrogens (primary N) is 1. The van der Waals surface area contributed by atoms with Gasteiger partial charge in [0, 0.05) is 25.1 Å². The summed E-state index contributed by atoms with van der Waals surface area (Å²) in [5, 5.41) is 2.66. The monoisotopic (exact) mass is 232 g/mol. The fraction of sp³-hybridized carbons (Fsp3) is 0.700. The van der Waals surface area contributed by atoms with E-state index >= 15 is 0 Å². The van der Waals surface area contributed by atoms with Gasteiger partial charge in [-0.2, -0.15) is 0 Å². The van der Waals surface area contributed by atoms with Crippen molar-refractivity contribution in [3.05, 3.63) is 16.6 Å². The summed E-state index contributed by atoms with van der Waals surface area (Å²) in [5.74, 6) is 0. The fourth-order valence-electron chi connectivity index (χ4n) is 1.50. The Morgan fingerprint density at radius 1 is 1.67 bits per heavy atom. The van der Waals surface area contributed by atoms with Gasteiger partial charge in [0.2, 0.25) is 0 Å². The van der Waals surface area contributed by atoms with Gasteiger partial charge in [0.25, 0.3) is 0 Å². The second kappa shape index (κ2) is 6.15. The highest BCUT2D eigenvalue weighted by Crippen LogP contribution is 2.25. The minimum atomic E-state index is -1.33. The van der Waals surface area contributed by atoms with E-state index in [-0.39, 0.29) is 6.61 Å². The Morgan fingerprint density at radius 2 is 2.47 bits per heavy atom. The molecule has 0 fully saturated rings. The molecule has 0 saturated carbocycles. The van der Waals surface area contributed by atoms with Crippen molar-refractivity contribution in [1.29, 1.82) is 0 Å². The lowest BCUT2D eigenvalue weighted by Crippen LogP contribution is -2.32. The molecule has 1 rings (SSSR count). The summed E-state index contributed by atoms with van der Waals surface area (Å²) >= 11 is 1.47. The predicted molar refractivity (Wildman–Crippen MR) is 59.8 cm³/mol. The maximum atomic E-state index is 14.3. The third-order valence-corrected chi connectivity index (χ3v) is 2.96. The van der Waals surface area contributed by atoms with Gasteiger partial charge >= 0.3 is 0 Å². The molecule has 1 heterocycles. The molecule has 3 nitrogen and oxygen atoms in total. The van der Waals surface area contributed by atoms with E-state index in [4.69, 9.17) is 10.5 Å². The fourth-order valence-corrected chi connectivity index (χ4v) is 2.24. The molecular formula is C10H17FN2OS. The van der Waals surface area contributed by atoms with Crippen molar-refractivity contribution in [2.75, 3.05) is 20.3 Å². The first kappa shape index (κ1) is 12.5. The Balaban J connectivity index is 2.55. The van der Waals surface area contributed by atoms with E-state index in [1.165, 1.54) is 18.4 Å². The van der Waals surface area contributed by atoms with Crippen LogP contribution in [0.15, 0.2) is 11.6 Å². The molecule has 0 bridgehead atoms. The number of methoxy groups -OCH3 is 1. The summed E-state index contributed by atoms with van der Waals surface area (Å²) in [7, 11) is 1.51. The van der Waals surface area contributed by atoms with Gasteiger partial charge in [0.15, 0.2) is 0 Å². The van der Waals surface area contributed by atoms with Crippen LogP contribution in [-0.2, 0) is 11.2 Å². The van der Waals surface area contributed by atoms with E-state index in [2.05, 4.69) is 4.98 Å². The number of ether oxygens (including phenoxy) is 1. The molecule has 0 aromatic carbocycles. The van der Waals surface area contributed by atoms with Gasteiger partial charge < -0.3 is 10.5 Å². The summed E-state index contributed by atoms with van der Waals surface area (Å²) in [6, 6.07) is 0. The smallest absolute Gasteiger partial charge is 0.140 e. The molecule has 5 heteroatoms. The van der Waals surface area contributed by atoms with Crippen LogP contribution >= 0.6 is 11.3 Å². The van der Waals surface area contributed by atoms with Gasteiger partial charge in [-0.15, -0.1) is 11.3 Å². The topological polar surface area (TPSA) is 48.1 Å². The molecule has 0 aliphatic rings. The zero-order valence-electron chi connectivity index (χ0n) is 8.91. The van der Waals surface area contributed by atoms with Crippen molar-refractivity contribution in [1.82, 2.24) is 4.98 Å². The summed E-state index contributed by atoms with van der Waals surface area (Å²) in [5.41, 5.74) is 4.06. The molecule has 0 amide bonds. The van der Waals surface area contributed by atoms with Crippen molar-refractivity contribution in [3.63, 3.8) is 0 Å². The molecule has 0 saturated heterocycles. The van der Waals surface area contributed by atoms with Crippen LogP contribution < -0.4 is 5.73 Å². The van der Waals surface area contributed by atoms with Gasteiger partial charge in [-0.3, -0.25) is 0 Å². The number of aromatic nitrogens is 1. The minimum absolute atomic E-state index is 0.104. The van der Waals surface area contributed by atoms with E-state index in [1.807, 2.05) is 5.38 Å². The highest BCUT2D eigenvalue weighted by atomic mass is 32.1. The van der Waals surface area contributed by atoms with Crippen molar-refractivity contribution >= 4 is 11.3 Å². The van der Waals surface area contributed by atoms with Crippen LogP contribution in [0.1, 0.15) is 17.8 Å². The molecule has 1 aromatic heterocycles. The van der Waals surface area contributed by atoms with Gasteiger partial charge in [-0.05, 0) is 19.4 Å². The lowest BCUT2D eigenvalue weighted by atomic mass is 9.97. The predicted octanol–water partition coefficient (Wildman–Crippen LogP) is 1.78. The number of hydrogen-bond donors (Lipinski definition) is 1.